The van der Waals surface area contributed by atoms with Crippen molar-refractivity contribution in [1.29, 1.82) is 0 Å². The van der Waals surface area contributed by atoms with Crippen LogP contribution < -0.4 is 15.6 Å². The van der Waals surface area contributed by atoms with Crippen LogP contribution in [0.4, 0.5) is 5.69 Å². The third-order valence-corrected chi connectivity index (χ3v) is 5.20. The Bertz CT molecular complexity index is 1280. The van der Waals surface area contributed by atoms with Gasteiger partial charge in [-0.05, 0) is 24.6 Å². The molecule has 0 bridgehead atoms. The lowest BCUT2D eigenvalue weighted by Gasteiger charge is -2.12. The number of hydrogen-bond acceptors (Lipinski definition) is 6. The van der Waals surface area contributed by atoms with Crippen molar-refractivity contribution in [1.82, 2.24) is 24.5 Å². The second-order valence-electron chi connectivity index (χ2n) is 7.62. The molecule has 4 rings (SSSR count). The third-order valence-electron chi connectivity index (χ3n) is 5.20. The summed E-state index contributed by atoms with van der Waals surface area (Å²) in [6.45, 7) is 3.55. The van der Waals surface area contributed by atoms with Crippen molar-refractivity contribution in [3.05, 3.63) is 77.2 Å². The average Bonchev–Trinajstić information content (AvgIpc) is 3.34. The fourth-order valence-electron chi connectivity index (χ4n) is 3.53. The number of benzene rings is 2. The number of nitrogens with zero attached hydrogens (tertiary/aromatic N) is 5. The molecule has 2 heterocycles. The smallest absolute Gasteiger partial charge is 0.276 e. The van der Waals surface area contributed by atoms with Gasteiger partial charge in [0.25, 0.3) is 11.5 Å². The zero-order chi connectivity index (χ0) is 23.0. The first-order valence-corrected chi connectivity index (χ1v) is 11.0. The number of hydrogen-bond donors (Lipinski definition) is 1. The van der Waals surface area contributed by atoms with Crippen LogP contribution in [0.3, 0.4) is 0 Å². The highest BCUT2D eigenvalue weighted by Gasteiger charge is 2.17. The lowest BCUT2D eigenvalue weighted by molar-refractivity contribution is 0.102. The van der Waals surface area contributed by atoms with Gasteiger partial charge in [-0.3, -0.25) is 9.59 Å². The van der Waals surface area contributed by atoms with Crippen molar-refractivity contribution in [2.75, 3.05) is 11.9 Å². The summed E-state index contributed by atoms with van der Waals surface area (Å²) in [6, 6.07) is 14.2. The normalized spacial score (nSPS) is 10.9. The molecular formula is C24H26N6O3. The van der Waals surface area contributed by atoms with E-state index in [0.717, 1.165) is 19.3 Å². The molecule has 0 aliphatic carbocycles. The van der Waals surface area contributed by atoms with Crippen molar-refractivity contribution in [2.45, 2.75) is 39.3 Å². The predicted molar refractivity (Wildman–Crippen MR) is 125 cm³/mol. The molecule has 0 saturated carbocycles. The Labute approximate surface area is 191 Å². The van der Waals surface area contributed by atoms with E-state index in [-0.39, 0.29) is 17.2 Å². The lowest BCUT2D eigenvalue weighted by atomic mass is 10.1. The van der Waals surface area contributed by atoms with Crippen molar-refractivity contribution in [3.63, 3.8) is 0 Å². The number of aromatic nitrogens is 5. The van der Waals surface area contributed by atoms with E-state index in [1.165, 1.54) is 11.0 Å². The largest absolute Gasteiger partial charge is 0.492 e. The number of aryl methyl sites for hydroxylation is 1. The summed E-state index contributed by atoms with van der Waals surface area (Å²) in [5.41, 5.74) is 0.619. The Morgan fingerprint density at radius 1 is 1.06 bits per heavy atom. The van der Waals surface area contributed by atoms with Crippen molar-refractivity contribution in [3.8, 4) is 5.75 Å². The second-order valence-corrected chi connectivity index (χ2v) is 7.62. The average molecular weight is 447 g/mol. The lowest BCUT2D eigenvalue weighted by Crippen LogP contribution is -2.27. The topological polar surface area (TPSA) is 104 Å². The van der Waals surface area contributed by atoms with Crippen LogP contribution >= 0.6 is 0 Å². The van der Waals surface area contributed by atoms with Crippen molar-refractivity contribution < 1.29 is 9.53 Å². The Morgan fingerprint density at radius 3 is 2.70 bits per heavy atom. The van der Waals surface area contributed by atoms with Crippen molar-refractivity contribution >= 4 is 22.4 Å². The zero-order valence-electron chi connectivity index (χ0n) is 18.5. The summed E-state index contributed by atoms with van der Waals surface area (Å²) in [5, 5.41) is 12.4. The van der Waals surface area contributed by atoms with Crippen LogP contribution in [0.2, 0.25) is 0 Å². The van der Waals surface area contributed by atoms with Crippen LogP contribution in [0.1, 0.15) is 36.7 Å². The van der Waals surface area contributed by atoms with E-state index in [0.29, 0.717) is 41.9 Å². The number of rotatable bonds is 10. The van der Waals surface area contributed by atoms with Gasteiger partial charge in [0.1, 0.15) is 25.0 Å². The van der Waals surface area contributed by atoms with Gasteiger partial charge in [-0.2, -0.15) is 10.2 Å². The summed E-state index contributed by atoms with van der Waals surface area (Å²) in [5.74, 6) is 0.241. The zero-order valence-corrected chi connectivity index (χ0v) is 18.5. The molecule has 1 N–H and O–H groups in total. The number of nitrogens with one attached hydrogen (secondary N) is 1. The first-order valence-electron chi connectivity index (χ1n) is 11.0. The maximum Gasteiger partial charge on any atom is 0.276 e. The van der Waals surface area contributed by atoms with Crippen LogP contribution in [0.25, 0.3) is 10.8 Å². The Balaban J connectivity index is 1.52. The van der Waals surface area contributed by atoms with Gasteiger partial charge in [0, 0.05) is 23.7 Å². The van der Waals surface area contributed by atoms with Crippen molar-refractivity contribution in [2.24, 2.45) is 0 Å². The van der Waals surface area contributed by atoms with Gasteiger partial charge in [-0.15, -0.1) is 0 Å². The molecule has 0 saturated heterocycles. The van der Waals surface area contributed by atoms with Gasteiger partial charge < -0.3 is 10.1 Å². The van der Waals surface area contributed by atoms with Crippen LogP contribution in [0.5, 0.6) is 5.75 Å². The Hall–Kier alpha value is -4.01. The van der Waals surface area contributed by atoms with Gasteiger partial charge in [0.15, 0.2) is 5.69 Å². The molecule has 33 heavy (non-hydrogen) atoms. The molecule has 170 valence electrons. The number of carbonyl (C=O) groups is 1. The number of carbonyl (C=O) groups excluding carboxylic acids is 1. The Morgan fingerprint density at radius 2 is 1.91 bits per heavy atom. The van der Waals surface area contributed by atoms with E-state index in [1.807, 2.05) is 6.07 Å². The highest BCUT2D eigenvalue weighted by atomic mass is 16.5. The quantitative estimate of drug-likeness (QED) is 0.374. The van der Waals surface area contributed by atoms with E-state index in [2.05, 4.69) is 27.4 Å². The number of amides is 1. The predicted octanol–water partition coefficient (Wildman–Crippen LogP) is 3.51. The van der Waals surface area contributed by atoms with E-state index in [4.69, 9.17) is 4.74 Å². The summed E-state index contributed by atoms with van der Waals surface area (Å²) >= 11 is 0. The van der Waals surface area contributed by atoms with Gasteiger partial charge in [-0.1, -0.05) is 44.0 Å². The van der Waals surface area contributed by atoms with Crippen LogP contribution in [0.15, 0.2) is 66.0 Å². The molecule has 0 aliphatic heterocycles. The molecule has 9 nitrogen and oxygen atoms in total. The van der Waals surface area contributed by atoms with E-state index < -0.39 is 0 Å². The summed E-state index contributed by atoms with van der Waals surface area (Å²) in [4.78, 5) is 29.9. The first-order chi connectivity index (χ1) is 16.2. The minimum absolute atomic E-state index is 0.180. The standard InChI is InChI=1S/C24H26N6O3/c1-2-3-6-12-30-24(32)21-11-5-4-10-20(21)22(28-30)23(31)27-18-8-7-9-19(15-18)33-14-13-29-17-25-16-26-29/h4-5,7-11,15-17H,2-3,6,12-14H2,1H3,(H,27,31). The van der Waals surface area contributed by atoms with Crippen LogP contribution in [0, 0.1) is 0 Å². The maximum atomic E-state index is 13.2. The molecule has 4 aromatic rings. The van der Waals surface area contributed by atoms with E-state index in [9.17, 15) is 9.59 Å². The van der Waals surface area contributed by atoms with Gasteiger partial charge in [-0.25, -0.2) is 14.3 Å². The molecule has 1 amide bonds. The fourth-order valence-corrected chi connectivity index (χ4v) is 3.53. The summed E-state index contributed by atoms with van der Waals surface area (Å²) in [6.07, 6.45) is 5.95. The van der Waals surface area contributed by atoms with Crippen LogP contribution in [-0.4, -0.2) is 37.1 Å². The minimum atomic E-state index is -0.379. The first kappa shape index (κ1) is 22.2. The third kappa shape index (κ3) is 5.43. The molecule has 0 spiro atoms. The molecule has 0 atom stereocenters. The molecular weight excluding hydrogens is 420 g/mol. The molecule has 2 aromatic carbocycles. The number of fused-ring (bicyclic) bond motifs is 1. The number of unbranched alkanes of at least 4 members (excludes halogenated alkanes) is 2. The molecule has 0 fully saturated rings. The number of ether oxygens (including phenoxy) is 1. The van der Waals surface area contributed by atoms with Crippen LogP contribution in [-0.2, 0) is 13.1 Å². The highest BCUT2D eigenvalue weighted by Crippen LogP contribution is 2.20. The molecule has 0 aliphatic rings. The highest BCUT2D eigenvalue weighted by molar-refractivity contribution is 6.11. The summed E-state index contributed by atoms with van der Waals surface area (Å²) in [7, 11) is 0. The molecule has 0 unspecified atom stereocenters. The number of anilines is 1. The molecule has 0 radical (unpaired) electrons. The summed E-state index contributed by atoms with van der Waals surface area (Å²) < 4.78 is 8.84. The second kappa shape index (κ2) is 10.5. The molecule has 9 heteroatoms. The molecule has 2 aromatic heterocycles. The maximum absolute atomic E-state index is 13.2. The van der Waals surface area contributed by atoms with Gasteiger partial charge >= 0.3 is 0 Å². The van der Waals surface area contributed by atoms with Gasteiger partial charge in [0.05, 0.1) is 11.9 Å². The van der Waals surface area contributed by atoms with E-state index in [1.54, 1.807) is 53.5 Å². The van der Waals surface area contributed by atoms with Gasteiger partial charge in [0.2, 0.25) is 0 Å². The minimum Gasteiger partial charge on any atom is -0.492 e. The SMILES string of the molecule is CCCCCn1nc(C(=O)Nc2cccc(OCCn3cncn3)c2)c2ccccc2c1=O. The Kier molecular flexibility index (Phi) is 7.09. The fraction of sp³-hybridized carbons (Fsp3) is 0.292. The van der Waals surface area contributed by atoms with E-state index >= 15 is 0 Å². The monoisotopic (exact) mass is 446 g/mol.